The van der Waals surface area contributed by atoms with E-state index in [1.54, 1.807) is 12.1 Å². The van der Waals surface area contributed by atoms with E-state index in [0.717, 1.165) is 0 Å². The van der Waals surface area contributed by atoms with Crippen LogP contribution < -0.4 is 4.74 Å². The number of rotatable bonds is 3. The summed E-state index contributed by atoms with van der Waals surface area (Å²) in [6.45, 7) is 3.86. The fourth-order valence-corrected chi connectivity index (χ4v) is 0.661. The first-order valence-corrected chi connectivity index (χ1v) is 10.4. The Morgan fingerprint density at radius 2 is 2.31 bits per heavy atom. The quantitative estimate of drug-likeness (QED) is 0.473. The Balaban J connectivity index is 0.000000671. The molecule has 0 N–H and O–H groups in total. The molecular formula is C9H8BrFOZn. The predicted molar refractivity (Wildman–Crippen MR) is 49.9 cm³/mol. The van der Waals surface area contributed by atoms with Crippen LogP contribution in [0.25, 0.3) is 0 Å². The molecule has 0 aromatic heterocycles. The number of halogens is 2. The molecule has 4 heteroatoms. The van der Waals surface area contributed by atoms with Crippen molar-refractivity contribution < 1.29 is 25.5 Å². The maximum absolute atomic E-state index is 12.5. The van der Waals surface area contributed by atoms with E-state index in [0.29, 0.717) is 12.4 Å². The summed E-state index contributed by atoms with van der Waals surface area (Å²) < 4.78 is 17.5. The molecule has 0 aliphatic rings. The molecule has 0 saturated carbocycles. The molecule has 0 atom stereocenters. The van der Waals surface area contributed by atoms with E-state index < -0.39 is 0 Å². The summed E-state index contributed by atoms with van der Waals surface area (Å²) >= 11 is 4.25. The van der Waals surface area contributed by atoms with Crippen molar-refractivity contribution in [1.82, 2.24) is 0 Å². The second-order valence-corrected chi connectivity index (χ2v) is 1.99. The molecule has 1 aromatic carbocycles. The molecule has 0 spiro atoms. The van der Waals surface area contributed by atoms with Crippen LogP contribution >= 0.6 is 13.6 Å². The van der Waals surface area contributed by atoms with Gasteiger partial charge in [-0.2, -0.15) is 6.07 Å². The summed E-state index contributed by atoms with van der Waals surface area (Å²) in [4.78, 5) is 0. The topological polar surface area (TPSA) is 9.23 Å². The molecule has 0 amide bonds. The van der Waals surface area contributed by atoms with Gasteiger partial charge in [0.25, 0.3) is 0 Å². The van der Waals surface area contributed by atoms with Crippen LogP contribution in [0.1, 0.15) is 0 Å². The zero-order valence-corrected chi connectivity index (χ0v) is 11.6. The van der Waals surface area contributed by atoms with E-state index in [9.17, 15) is 4.39 Å². The van der Waals surface area contributed by atoms with Crippen molar-refractivity contribution >= 4 is 13.6 Å². The molecule has 0 heterocycles. The average Bonchev–Trinajstić information content (AvgIpc) is 2.18. The first-order chi connectivity index (χ1) is 6.33. The van der Waals surface area contributed by atoms with E-state index in [1.807, 2.05) is 0 Å². The Morgan fingerprint density at radius 1 is 1.62 bits per heavy atom. The Bertz CT molecular complexity index is 255. The van der Waals surface area contributed by atoms with Crippen LogP contribution in [0.2, 0.25) is 0 Å². The Hall–Kier alpha value is -0.207. The average molecular weight is 296 g/mol. The van der Waals surface area contributed by atoms with Crippen LogP contribution in [0.3, 0.4) is 0 Å². The van der Waals surface area contributed by atoms with Crippen molar-refractivity contribution in [2.75, 3.05) is 6.61 Å². The molecule has 13 heavy (non-hydrogen) atoms. The van der Waals surface area contributed by atoms with Crippen molar-refractivity contribution in [3.05, 3.63) is 42.7 Å². The predicted octanol–water partition coefficient (Wildman–Crippen LogP) is 3.03. The molecule has 0 bridgehead atoms. The van der Waals surface area contributed by atoms with Crippen LogP contribution in [0.15, 0.2) is 30.9 Å². The standard InChI is InChI=1S/C9H8FO.BrH.Zn/c1-2-6-11-9-5-3-4-8(10)7-9;;/h2,4-5,7H,1,6H2;1H;/q-1;;+2/p-1. The van der Waals surface area contributed by atoms with Gasteiger partial charge in [0.1, 0.15) is 0 Å². The molecule has 0 radical (unpaired) electrons. The number of benzene rings is 1. The van der Waals surface area contributed by atoms with Crippen molar-refractivity contribution in [1.29, 1.82) is 0 Å². The fourth-order valence-electron chi connectivity index (χ4n) is 0.661. The zero-order valence-electron chi connectivity index (χ0n) is 7.09. The number of hydrogen-bond donors (Lipinski definition) is 0. The molecule has 1 rings (SSSR count). The molecule has 0 fully saturated rings. The second-order valence-electron chi connectivity index (χ2n) is 1.99. The van der Waals surface area contributed by atoms with Crippen LogP contribution in [0.5, 0.6) is 5.75 Å². The summed E-state index contributed by atoms with van der Waals surface area (Å²) in [5.41, 5.74) is 0. The van der Waals surface area contributed by atoms with Gasteiger partial charge >= 0.3 is 30.0 Å². The Labute approximate surface area is 94.0 Å². The van der Waals surface area contributed by atoms with E-state index in [1.165, 1.54) is 28.5 Å². The normalized spacial score (nSPS) is 8.31. The van der Waals surface area contributed by atoms with Gasteiger partial charge in [-0.15, -0.1) is 12.1 Å². The first-order valence-electron chi connectivity index (χ1n) is 3.50. The SMILES string of the molecule is C=CCOc1c[c-]cc(F)c1.[Zn+][Br]. The van der Waals surface area contributed by atoms with Gasteiger partial charge in [-0.3, -0.25) is 4.39 Å². The molecule has 1 aromatic rings. The molecule has 0 aliphatic carbocycles. The van der Waals surface area contributed by atoms with Crippen molar-refractivity contribution in [3.8, 4) is 5.75 Å². The Kier molecular flexibility index (Phi) is 8.26. The third-order valence-corrected chi connectivity index (χ3v) is 1.09. The number of ether oxygens (including phenoxy) is 1. The molecule has 66 valence electrons. The number of hydrogen-bond acceptors (Lipinski definition) is 1. The van der Waals surface area contributed by atoms with Gasteiger partial charge in [0, 0.05) is 11.6 Å². The third kappa shape index (κ3) is 5.95. The van der Waals surface area contributed by atoms with Crippen LogP contribution in [-0.2, 0) is 16.3 Å². The van der Waals surface area contributed by atoms with Gasteiger partial charge in [-0.1, -0.05) is 18.7 Å². The third-order valence-electron chi connectivity index (χ3n) is 1.09. The fraction of sp³-hybridized carbons (Fsp3) is 0.111. The minimum atomic E-state index is -0.341. The summed E-state index contributed by atoms with van der Waals surface area (Å²) in [5.74, 6) is 0.136. The minimum absolute atomic E-state index is 0.341. The van der Waals surface area contributed by atoms with Crippen molar-refractivity contribution in [2.45, 2.75) is 0 Å². The van der Waals surface area contributed by atoms with Gasteiger partial charge in [0.05, 0.1) is 6.61 Å². The Morgan fingerprint density at radius 3 is 2.85 bits per heavy atom. The van der Waals surface area contributed by atoms with Crippen LogP contribution in [-0.4, -0.2) is 6.61 Å². The summed E-state index contributed by atoms with van der Waals surface area (Å²) in [5, 5.41) is 0. The van der Waals surface area contributed by atoms with Crippen LogP contribution in [0.4, 0.5) is 4.39 Å². The summed E-state index contributed by atoms with van der Waals surface area (Å²) in [6.07, 6.45) is 1.60. The molecule has 0 unspecified atom stereocenters. The van der Waals surface area contributed by atoms with Crippen molar-refractivity contribution in [3.63, 3.8) is 0 Å². The molecule has 0 aliphatic heterocycles. The van der Waals surface area contributed by atoms with Gasteiger partial charge in [0.2, 0.25) is 0 Å². The summed E-state index contributed by atoms with van der Waals surface area (Å²) in [7, 11) is 0. The van der Waals surface area contributed by atoms with E-state index in [2.05, 4.69) is 26.3 Å². The summed E-state index contributed by atoms with van der Waals surface area (Å²) in [6, 6.07) is 6.74. The van der Waals surface area contributed by atoms with Gasteiger partial charge < -0.3 is 4.74 Å². The second kappa shape index (κ2) is 8.39. The maximum atomic E-state index is 12.5. The monoisotopic (exact) mass is 294 g/mol. The van der Waals surface area contributed by atoms with E-state index >= 15 is 0 Å². The molecule has 0 saturated heterocycles. The zero-order chi connectivity index (χ0) is 10.1. The molecule has 1 nitrogen and oxygen atoms in total. The van der Waals surface area contributed by atoms with Gasteiger partial charge in [-0.05, 0) is 0 Å². The van der Waals surface area contributed by atoms with Crippen LogP contribution in [0, 0.1) is 11.9 Å². The van der Waals surface area contributed by atoms with E-state index in [-0.39, 0.29) is 5.82 Å². The van der Waals surface area contributed by atoms with Gasteiger partial charge in [0.15, 0.2) is 0 Å². The van der Waals surface area contributed by atoms with Gasteiger partial charge in [-0.25, -0.2) is 0 Å². The first kappa shape index (κ1) is 12.8. The van der Waals surface area contributed by atoms with Crippen molar-refractivity contribution in [2.24, 2.45) is 0 Å². The van der Waals surface area contributed by atoms with E-state index in [4.69, 9.17) is 4.74 Å². The molecular weight excluding hydrogens is 288 g/mol.